The van der Waals surface area contributed by atoms with Crippen LogP contribution in [0.4, 0.5) is 0 Å². The van der Waals surface area contributed by atoms with Crippen molar-refractivity contribution in [2.75, 3.05) is 20.3 Å². The number of alkyl halides is 1. The van der Waals surface area contributed by atoms with Crippen molar-refractivity contribution < 1.29 is 9.47 Å². The SMILES string of the molecule is COC1(Cn2cncc2CCl)CCOC1. The molecule has 0 radical (unpaired) electrons. The van der Waals surface area contributed by atoms with Crippen LogP contribution >= 0.6 is 11.6 Å². The van der Waals surface area contributed by atoms with Gasteiger partial charge in [0.25, 0.3) is 0 Å². The van der Waals surface area contributed by atoms with E-state index in [1.165, 1.54) is 0 Å². The number of hydrogen-bond donors (Lipinski definition) is 0. The summed E-state index contributed by atoms with van der Waals surface area (Å²) in [6.07, 6.45) is 4.49. The first-order valence-corrected chi connectivity index (χ1v) is 5.51. The van der Waals surface area contributed by atoms with Crippen LogP contribution in [0.5, 0.6) is 0 Å². The average Bonchev–Trinajstić information content (AvgIpc) is 2.88. The Labute approximate surface area is 94.1 Å². The van der Waals surface area contributed by atoms with Crippen molar-refractivity contribution in [2.24, 2.45) is 0 Å². The van der Waals surface area contributed by atoms with Crippen molar-refractivity contribution in [3.05, 3.63) is 18.2 Å². The molecule has 1 aliphatic heterocycles. The second-order valence-corrected chi connectivity index (χ2v) is 4.10. The number of nitrogens with zero attached hydrogens (tertiary/aromatic N) is 2. The molecule has 1 aliphatic rings. The Morgan fingerprint density at radius 2 is 2.60 bits per heavy atom. The van der Waals surface area contributed by atoms with Gasteiger partial charge in [0, 0.05) is 26.3 Å². The molecule has 0 saturated carbocycles. The molecule has 1 aromatic rings. The maximum Gasteiger partial charge on any atom is 0.111 e. The summed E-state index contributed by atoms with van der Waals surface area (Å²) in [4.78, 5) is 4.08. The molecule has 1 aromatic heterocycles. The Morgan fingerprint density at radius 3 is 3.20 bits per heavy atom. The Kier molecular flexibility index (Phi) is 3.29. The molecule has 0 aromatic carbocycles. The van der Waals surface area contributed by atoms with Gasteiger partial charge in [0.05, 0.1) is 31.1 Å². The van der Waals surface area contributed by atoms with E-state index in [9.17, 15) is 0 Å². The molecule has 1 saturated heterocycles. The first kappa shape index (κ1) is 10.9. The van der Waals surface area contributed by atoms with Crippen molar-refractivity contribution in [2.45, 2.75) is 24.4 Å². The highest BCUT2D eigenvalue weighted by Gasteiger charge is 2.35. The lowest BCUT2D eigenvalue weighted by molar-refractivity contribution is -0.0298. The van der Waals surface area contributed by atoms with Gasteiger partial charge in [0.15, 0.2) is 0 Å². The molecule has 0 aliphatic carbocycles. The molecule has 2 heterocycles. The molecule has 0 spiro atoms. The average molecular weight is 231 g/mol. The van der Waals surface area contributed by atoms with Gasteiger partial charge >= 0.3 is 0 Å². The summed E-state index contributed by atoms with van der Waals surface area (Å²) in [6.45, 7) is 2.16. The Bertz CT molecular complexity index is 321. The van der Waals surface area contributed by atoms with Gasteiger partial charge in [-0.05, 0) is 0 Å². The Balaban J connectivity index is 2.12. The fraction of sp³-hybridized carbons (Fsp3) is 0.700. The smallest absolute Gasteiger partial charge is 0.111 e. The van der Waals surface area contributed by atoms with Gasteiger partial charge in [-0.15, -0.1) is 11.6 Å². The minimum atomic E-state index is -0.207. The lowest BCUT2D eigenvalue weighted by atomic mass is 10.0. The van der Waals surface area contributed by atoms with Gasteiger partial charge in [0.1, 0.15) is 5.60 Å². The van der Waals surface area contributed by atoms with Gasteiger partial charge in [-0.25, -0.2) is 4.98 Å². The minimum Gasteiger partial charge on any atom is -0.378 e. The van der Waals surface area contributed by atoms with E-state index in [2.05, 4.69) is 4.98 Å². The van der Waals surface area contributed by atoms with Crippen molar-refractivity contribution in [3.8, 4) is 0 Å². The molecular weight excluding hydrogens is 216 g/mol. The van der Waals surface area contributed by atoms with Gasteiger partial charge in [-0.1, -0.05) is 0 Å². The third kappa shape index (κ3) is 2.17. The normalized spacial score (nSPS) is 26.0. The van der Waals surface area contributed by atoms with Crippen LogP contribution in [-0.4, -0.2) is 35.5 Å². The third-order valence-corrected chi connectivity index (χ3v) is 3.17. The Hall–Kier alpha value is -0.580. The first-order chi connectivity index (χ1) is 7.29. The summed E-state index contributed by atoms with van der Waals surface area (Å²) >= 11 is 5.81. The number of ether oxygens (including phenoxy) is 2. The van der Waals surface area contributed by atoms with Crippen LogP contribution in [0.15, 0.2) is 12.5 Å². The maximum atomic E-state index is 5.81. The second kappa shape index (κ2) is 4.51. The van der Waals surface area contributed by atoms with Crippen LogP contribution in [-0.2, 0) is 21.9 Å². The quantitative estimate of drug-likeness (QED) is 0.735. The van der Waals surface area contributed by atoms with Crippen LogP contribution in [0.1, 0.15) is 12.1 Å². The van der Waals surface area contributed by atoms with E-state index in [1.54, 1.807) is 19.6 Å². The number of imidazole rings is 1. The zero-order chi connectivity index (χ0) is 10.7. The molecule has 5 heteroatoms. The topological polar surface area (TPSA) is 36.3 Å². The predicted octanol–water partition coefficient (Wildman–Crippen LogP) is 1.43. The zero-order valence-electron chi connectivity index (χ0n) is 8.78. The molecular formula is C10H15ClN2O2. The lowest BCUT2D eigenvalue weighted by Crippen LogP contribution is -2.37. The fourth-order valence-corrected chi connectivity index (χ4v) is 2.07. The highest BCUT2D eigenvalue weighted by Crippen LogP contribution is 2.25. The van der Waals surface area contributed by atoms with Crippen LogP contribution in [0.25, 0.3) is 0 Å². The first-order valence-electron chi connectivity index (χ1n) is 4.97. The van der Waals surface area contributed by atoms with Crippen molar-refractivity contribution in [1.82, 2.24) is 9.55 Å². The molecule has 1 fully saturated rings. The number of halogens is 1. The molecule has 0 N–H and O–H groups in total. The van der Waals surface area contributed by atoms with Gasteiger partial charge < -0.3 is 14.0 Å². The fourth-order valence-electron chi connectivity index (χ4n) is 1.85. The molecule has 84 valence electrons. The van der Waals surface area contributed by atoms with Crippen molar-refractivity contribution >= 4 is 11.6 Å². The van der Waals surface area contributed by atoms with Gasteiger partial charge in [-0.2, -0.15) is 0 Å². The summed E-state index contributed by atoms with van der Waals surface area (Å²) < 4.78 is 13.0. The van der Waals surface area contributed by atoms with E-state index in [1.807, 2.05) is 4.57 Å². The standard InChI is InChI=1S/C10H15ClN2O2/c1-14-10(2-3-15-7-10)6-13-8-12-5-9(13)4-11/h5,8H,2-4,6-7H2,1H3. The Morgan fingerprint density at radius 1 is 1.73 bits per heavy atom. The van der Waals surface area contributed by atoms with E-state index < -0.39 is 0 Å². The monoisotopic (exact) mass is 230 g/mol. The van der Waals surface area contributed by atoms with Crippen LogP contribution < -0.4 is 0 Å². The molecule has 15 heavy (non-hydrogen) atoms. The molecule has 0 amide bonds. The number of rotatable bonds is 4. The summed E-state index contributed by atoms with van der Waals surface area (Å²) in [5.41, 5.74) is 0.807. The summed E-state index contributed by atoms with van der Waals surface area (Å²) in [5, 5.41) is 0. The van der Waals surface area contributed by atoms with Crippen LogP contribution in [0.2, 0.25) is 0 Å². The van der Waals surface area contributed by atoms with Gasteiger partial charge in [0.2, 0.25) is 0 Å². The number of aromatic nitrogens is 2. The summed E-state index contributed by atoms with van der Waals surface area (Å²) in [5.74, 6) is 0.473. The largest absolute Gasteiger partial charge is 0.378 e. The summed E-state index contributed by atoms with van der Waals surface area (Å²) in [7, 11) is 1.73. The van der Waals surface area contributed by atoms with Crippen molar-refractivity contribution in [1.29, 1.82) is 0 Å². The maximum absolute atomic E-state index is 5.81. The number of methoxy groups -OCH3 is 1. The molecule has 1 atom stereocenters. The highest BCUT2D eigenvalue weighted by molar-refractivity contribution is 6.16. The van der Waals surface area contributed by atoms with E-state index in [-0.39, 0.29) is 5.60 Å². The molecule has 0 bridgehead atoms. The van der Waals surface area contributed by atoms with Crippen LogP contribution in [0.3, 0.4) is 0 Å². The zero-order valence-corrected chi connectivity index (χ0v) is 9.54. The summed E-state index contributed by atoms with van der Waals surface area (Å²) in [6, 6.07) is 0. The van der Waals surface area contributed by atoms with Gasteiger partial charge in [-0.3, -0.25) is 0 Å². The molecule has 1 unspecified atom stereocenters. The highest BCUT2D eigenvalue weighted by atomic mass is 35.5. The van der Waals surface area contributed by atoms with E-state index in [4.69, 9.17) is 21.1 Å². The molecule has 4 nitrogen and oxygen atoms in total. The van der Waals surface area contributed by atoms with E-state index in [0.29, 0.717) is 12.5 Å². The van der Waals surface area contributed by atoms with E-state index >= 15 is 0 Å². The van der Waals surface area contributed by atoms with E-state index in [0.717, 1.165) is 25.3 Å². The lowest BCUT2D eigenvalue weighted by Gasteiger charge is -2.26. The molecule has 2 rings (SSSR count). The third-order valence-electron chi connectivity index (χ3n) is 2.89. The van der Waals surface area contributed by atoms with Crippen LogP contribution in [0, 0.1) is 0 Å². The van der Waals surface area contributed by atoms with Crippen molar-refractivity contribution in [3.63, 3.8) is 0 Å². The second-order valence-electron chi connectivity index (χ2n) is 3.84. The minimum absolute atomic E-state index is 0.207. The predicted molar refractivity (Wildman–Crippen MR) is 57.0 cm³/mol. The number of hydrogen-bond acceptors (Lipinski definition) is 3.